The van der Waals surface area contributed by atoms with Gasteiger partial charge in [-0.1, -0.05) is 0 Å². The first-order valence-corrected chi connectivity index (χ1v) is 7.29. The quantitative estimate of drug-likeness (QED) is 0.894. The summed E-state index contributed by atoms with van der Waals surface area (Å²) in [5.41, 5.74) is 0.446. The molecule has 0 spiro atoms. The van der Waals surface area contributed by atoms with Gasteiger partial charge in [0.25, 0.3) is 0 Å². The van der Waals surface area contributed by atoms with Crippen LogP contribution < -0.4 is 10.1 Å². The Morgan fingerprint density at radius 3 is 2.57 bits per heavy atom. The van der Waals surface area contributed by atoms with Crippen molar-refractivity contribution in [3.63, 3.8) is 0 Å². The lowest BCUT2D eigenvalue weighted by atomic mass is 9.97. The first kappa shape index (κ1) is 17.4. The highest BCUT2D eigenvalue weighted by Crippen LogP contribution is 2.30. The van der Waals surface area contributed by atoms with Crippen molar-refractivity contribution in [3.8, 4) is 5.75 Å². The summed E-state index contributed by atoms with van der Waals surface area (Å²) in [6, 6.07) is 4.54. The third kappa shape index (κ3) is 4.28. The Kier molecular flexibility index (Phi) is 5.35. The van der Waals surface area contributed by atoms with E-state index >= 15 is 0 Å². The van der Waals surface area contributed by atoms with Gasteiger partial charge in [0, 0.05) is 12.2 Å². The number of likely N-dealkylation sites (tertiary alicyclic amines) is 1. The Labute approximate surface area is 132 Å². The molecule has 2 atom stereocenters. The zero-order valence-corrected chi connectivity index (χ0v) is 12.6. The van der Waals surface area contributed by atoms with E-state index in [1.54, 1.807) is 24.3 Å². The van der Waals surface area contributed by atoms with Gasteiger partial charge in [0.2, 0.25) is 0 Å². The molecule has 128 valence electrons. The van der Waals surface area contributed by atoms with Crippen molar-refractivity contribution in [2.45, 2.75) is 37.6 Å². The fraction of sp³-hybridized carbons (Fsp3) is 0.533. The topological polar surface area (TPSA) is 61.8 Å². The van der Waals surface area contributed by atoms with Gasteiger partial charge in [0.1, 0.15) is 5.75 Å². The summed E-state index contributed by atoms with van der Waals surface area (Å²) in [5, 5.41) is 12.1. The van der Waals surface area contributed by atoms with E-state index in [0.717, 1.165) is 4.90 Å². The molecule has 2 unspecified atom stereocenters. The Hall–Kier alpha value is -1.96. The molecule has 8 heteroatoms. The number of nitrogens with zero attached hydrogens (tertiary/aromatic N) is 1. The third-order valence-electron chi connectivity index (χ3n) is 3.85. The van der Waals surface area contributed by atoms with Crippen LogP contribution in [0.4, 0.5) is 23.7 Å². The normalized spacial score (nSPS) is 20.0. The Bertz CT molecular complexity index is 534. The standard InChI is InChI=1S/C15H19F3N2O3/c1-23-11-7-5-10(6-8-11)19-14(22)20-9-3-2-4-12(20)13(21)15(16,17)18/h5-8,12-13,21H,2-4,9H2,1H3,(H,19,22). The van der Waals surface area contributed by atoms with E-state index in [1.807, 2.05) is 0 Å². The second-order valence-electron chi connectivity index (χ2n) is 5.40. The number of aliphatic hydroxyl groups is 1. The highest BCUT2D eigenvalue weighted by atomic mass is 19.4. The van der Waals surface area contributed by atoms with Crippen LogP contribution in [0, 0.1) is 0 Å². The summed E-state index contributed by atoms with van der Waals surface area (Å²) in [5.74, 6) is 0.603. The van der Waals surface area contributed by atoms with Crippen molar-refractivity contribution in [2.24, 2.45) is 0 Å². The number of hydrogen-bond acceptors (Lipinski definition) is 3. The van der Waals surface area contributed by atoms with Crippen molar-refractivity contribution in [3.05, 3.63) is 24.3 Å². The molecule has 1 aliphatic heterocycles. The van der Waals surface area contributed by atoms with Crippen LogP contribution in [0.5, 0.6) is 5.75 Å². The molecular weight excluding hydrogens is 313 g/mol. The number of piperidine rings is 1. The number of urea groups is 1. The molecule has 0 aliphatic carbocycles. The Balaban J connectivity index is 2.08. The Morgan fingerprint density at radius 2 is 2.00 bits per heavy atom. The van der Waals surface area contributed by atoms with Crippen LogP contribution >= 0.6 is 0 Å². The molecule has 0 saturated carbocycles. The van der Waals surface area contributed by atoms with Crippen molar-refractivity contribution in [2.75, 3.05) is 19.0 Å². The minimum Gasteiger partial charge on any atom is -0.497 e. The second-order valence-corrected chi connectivity index (χ2v) is 5.40. The lowest BCUT2D eigenvalue weighted by molar-refractivity contribution is -0.221. The predicted octanol–water partition coefficient (Wildman–Crippen LogP) is 3.00. The number of hydrogen-bond donors (Lipinski definition) is 2. The molecule has 0 aromatic heterocycles. The predicted molar refractivity (Wildman–Crippen MR) is 78.4 cm³/mol. The molecule has 23 heavy (non-hydrogen) atoms. The molecular formula is C15H19F3N2O3. The number of amides is 2. The van der Waals surface area contributed by atoms with E-state index in [2.05, 4.69) is 5.32 Å². The molecule has 0 bridgehead atoms. The largest absolute Gasteiger partial charge is 0.497 e. The molecule has 2 N–H and O–H groups in total. The summed E-state index contributed by atoms with van der Waals surface area (Å²) in [6.07, 6.45) is -6.01. The van der Waals surface area contributed by atoms with Crippen LogP contribution in [-0.2, 0) is 0 Å². The SMILES string of the molecule is COc1ccc(NC(=O)N2CCCCC2C(O)C(F)(F)F)cc1. The van der Waals surface area contributed by atoms with Gasteiger partial charge >= 0.3 is 12.2 Å². The molecule has 0 radical (unpaired) electrons. The van der Waals surface area contributed by atoms with Gasteiger partial charge in [-0.25, -0.2) is 4.79 Å². The number of benzene rings is 1. The van der Waals surface area contributed by atoms with Gasteiger partial charge in [-0.2, -0.15) is 13.2 Å². The van der Waals surface area contributed by atoms with E-state index in [-0.39, 0.29) is 13.0 Å². The minimum absolute atomic E-state index is 0.122. The fourth-order valence-corrected chi connectivity index (χ4v) is 2.63. The Morgan fingerprint density at radius 1 is 1.35 bits per heavy atom. The van der Waals surface area contributed by atoms with Gasteiger partial charge < -0.3 is 20.1 Å². The first-order chi connectivity index (χ1) is 10.8. The van der Waals surface area contributed by atoms with E-state index in [4.69, 9.17) is 4.74 Å². The number of ether oxygens (including phenoxy) is 1. The van der Waals surface area contributed by atoms with Crippen LogP contribution in [0.1, 0.15) is 19.3 Å². The molecule has 1 aromatic carbocycles. The van der Waals surface area contributed by atoms with Gasteiger partial charge in [-0.05, 0) is 43.5 Å². The van der Waals surface area contributed by atoms with Gasteiger partial charge in [-0.15, -0.1) is 0 Å². The monoisotopic (exact) mass is 332 g/mol. The minimum atomic E-state index is -4.75. The molecule has 2 amide bonds. The van der Waals surface area contributed by atoms with E-state index in [0.29, 0.717) is 24.3 Å². The van der Waals surface area contributed by atoms with Crippen molar-refractivity contribution >= 4 is 11.7 Å². The first-order valence-electron chi connectivity index (χ1n) is 7.29. The van der Waals surface area contributed by atoms with E-state index in [1.165, 1.54) is 7.11 Å². The molecule has 2 rings (SSSR count). The number of anilines is 1. The average molecular weight is 332 g/mol. The third-order valence-corrected chi connectivity index (χ3v) is 3.85. The van der Waals surface area contributed by atoms with E-state index < -0.39 is 24.4 Å². The number of aliphatic hydroxyl groups excluding tert-OH is 1. The zero-order valence-electron chi connectivity index (χ0n) is 12.6. The molecule has 1 aliphatic rings. The summed E-state index contributed by atoms with van der Waals surface area (Å²) in [4.78, 5) is 13.3. The summed E-state index contributed by atoms with van der Waals surface area (Å²) in [6.45, 7) is 0.180. The fourth-order valence-electron chi connectivity index (χ4n) is 2.63. The number of carbonyl (C=O) groups excluding carboxylic acids is 1. The van der Waals surface area contributed by atoms with Crippen LogP contribution in [0.15, 0.2) is 24.3 Å². The molecule has 5 nitrogen and oxygen atoms in total. The number of alkyl halides is 3. The van der Waals surface area contributed by atoms with Gasteiger partial charge in [-0.3, -0.25) is 0 Å². The van der Waals surface area contributed by atoms with Gasteiger partial charge in [0.05, 0.1) is 13.2 Å². The van der Waals surface area contributed by atoms with E-state index in [9.17, 15) is 23.1 Å². The summed E-state index contributed by atoms with van der Waals surface area (Å²) < 4.78 is 43.3. The van der Waals surface area contributed by atoms with Crippen LogP contribution in [-0.4, -0.2) is 48.0 Å². The van der Waals surface area contributed by atoms with Crippen LogP contribution in [0.2, 0.25) is 0 Å². The molecule has 1 heterocycles. The van der Waals surface area contributed by atoms with Crippen LogP contribution in [0.25, 0.3) is 0 Å². The number of nitrogens with one attached hydrogen (secondary N) is 1. The lowest BCUT2D eigenvalue weighted by Crippen LogP contribution is -2.55. The number of halogens is 3. The number of rotatable bonds is 3. The maximum absolute atomic E-state index is 12.8. The van der Waals surface area contributed by atoms with Crippen molar-refractivity contribution < 1.29 is 27.8 Å². The highest BCUT2D eigenvalue weighted by molar-refractivity contribution is 5.89. The lowest BCUT2D eigenvalue weighted by Gasteiger charge is -2.38. The highest BCUT2D eigenvalue weighted by Gasteiger charge is 2.47. The number of carbonyl (C=O) groups is 1. The van der Waals surface area contributed by atoms with Crippen molar-refractivity contribution in [1.29, 1.82) is 0 Å². The molecule has 1 aromatic rings. The smallest absolute Gasteiger partial charge is 0.416 e. The zero-order chi connectivity index (χ0) is 17.0. The molecule has 1 fully saturated rings. The summed E-state index contributed by atoms with van der Waals surface area (Å²) in [7, 11) is 1.50. The average Bonchev–Trinajstić information content (AvgIpc) is 2.54. The number of methoxy groups -OCH3 is 1. The second kappa shape index (κ2) is 7.08. The maximum atomic E-state index is 12.8. The molecule has 1 saturated heterocycles. The summed E-state index contributed by atoms with van der Waals surface area (Å²) >= 11 is 0. The maximum Gasteiger partial charge on any atom is 0.416 e. The van der Waals surface area contributed by atoms with Gasteiger partial charge in [0.15, 0.2) is 6.10 Å². The van der Waals surface area contributed by atoms with Crippen LogP contribution in [0.3, 0.4) is 0 Å². The van der Waals surface area contributed by atoms with Crippen molar-refractivity contribution in [1.82, 2.24) is 4.90 Å².